The van der Waals surface area contributed by atoms with Gasteiger partial charge in [0.15, 0.2) is 0 Å². The van der Waals surface area contributed by atoms with E-state index in [1.54, 1.807) is 6.92 Å². The molecule has 5 nitrogen and oxygen atoms in total. The number of carbonyl (C=O) groups excluding carboxylic acids is 1. The van der Waals surface area contributed by atoms with Gasteiger partial charge < -0.3 is 11.1 Å². The molecule has 1 aromatic carbocycles. The Morgan fingerprint density at radius 1 is 1.32 bits per heavy atom. The molecule has 0 aliphatic rings. The molecule has 6 heteroatoms. The Hall–Kier alpha value is -1.85. The Kier molecular flexibility index (Phi) is 6.59. The van der Waals surface area contributed by atoms with Crippen molar-refractivity contribution >= 4 is 18.3 Å². The number of halogens is 1. The van der Waals surface area contributed by atoms with Crippen LogP contribution in [0.25, 0.3) is 5.69 Å². The molecule has 22 heavy (non-hydrogen) atoms. The van der Waals surface area contributed by atoms with Crippen molar-refractivity contribution in [3.8, 4) is 5.69 Å². The maximum Gasteiger partial charge on any atom is 0.236 e. The summed E-state index contributed by atoms with van der Waals surface area (Å²) >= 11 is 0. The lowest BCUT2D eigenvalue weighted by Gasteiger charge is -2.16. The number of rotatable bonds is 5. The molecule has 0 aliphatic heterocycles. The lowest BCUT2D eigenvalue weighted by molar-refractivity contribution is -0.122. The molecule has 2 unspecified atom stereocenters. The molecule has 0 saturated carbocycles. The molecule has 0 spiro atoms. The van der Waals surface area contributed by atoms with Gasteiger partial charge in [-0.25, -0.2) is 4.68 Å². The number of benzene rings is 1. The fourth-order valence-electron chi connectivity index (χ4n) is 2.23. The zero-order valence-electron chi connectivity index (χ0n) is 13.1. The van der Waals surface area contributed by atoms with Crippen molar-refractivity contribution in [3.63, 3.8) is 0 Å². The third-order valence-corrected chi connectivity index (χ3v) is 3.22. The fraction of sp³-hybridized carbons (Fsp3) is 0.375. The van der Waals surface area contributed by atoms with E-state index in [9.17, 15) is 4.79 Å². The molecular weight excluding hydrogens is 300 g/mol. The van der Waals surface area contributed by atoms with Crippen LogP contribution in [0.3, 0.4) is 0 Å². The minimum Gasteiger partial charge on any atom is -0.352 e. The second-order valence-corrected chi connectivity index (χ2v) is 5.43. The first kappa shape index (κ1) is 18.2. The van der Waals surface area contributed by atoms with E-state index in [-0.39, 0.29) is 24.4 Å². The Morgan fingerprint density at radius 3 is 2.55 bits per heavy atom. The zero-order valence-corrected chi connectivity index (χ0v) is 13.9. The van der Waals surface area contributed by atoms with Crippen LogP contribution in [0.2, 0.25) is 0 Å². The summed E-state index contributed by atoms with van der Waals surface area (Å²) in [4.78, 5) is 11.6. The Bertz CT molecular complexity index is 610. The van der Waals surface area contributed by atoms with Crippen molar-refractivity contribution < 1.29 is 4.79 Å². The number of amides is 1. The third kappa shape index (κ3) is 4.58. The molecule has 1 heterocycles. The molecule has 1 aromatic heterocycles. The topological polar surface area (TPSA) is 72.9 Å². The fourth-order valence-corrected chi connectivity index (χ4v) is 2.23. The van der Waals surface area contributed by atoms with Gasteiger partial charge in [-0.15, -0.1) is 12.4 Å². The summed E-state index contributed by atoms with van der Waals surface area (Å²) in [6, 6.07) is 11.5. The van der Waals surface area contributed by atoms with Crippen LogP contribution in [0.15, 0.2) is 36.4 Å². The Labute approximate surface area is 137 Å². The van der Waals surface area contributed by atoms with E-state index in [0.717, 1.165) is 17.1 Å². The number of hydrogen-bond acceptors (Lipinski definition) is 3. The van der Waals surface area contributed by atoms with E-state index < -0.39 is 6.04 Å². The average molecular weight is 323 g/mol. The van der Waals surface area contributed by atoms with E-state index in [0.29, 0.717) is 6.42 Å². The van der Waals surface area contributed by atoms with Gasteiger partial charge in [0.25, 0.3) is 0 Å². The number of carbonyl (C=O) groups is 1. The summed E-state index contributed by atoms with van der Waals surface area (Å²) in [6.45, 7) is 5.62. The molecule has 3 N–H and O–H groups in total. The molecule has 2 aromatic rings. The van der Waals surface area contributed by atoms with E-state index in [2.05, 4.69) is 10.4 Å². The normalized spacial score (nSPS) is 13.1. The molecule has 2 atom stereocenters. The first-order valence-electron chi connectivity index (χ1n) is 7.14. The van der Waals surface area contributed by atoms with Crippen LogP contribution in [0, 0.1) is 6.92 Å². The predicted molar refractivity (Wildman–Crippen MR) is 90.5 cm³/mol. The summed E-state index contributed by atoms with van der Waals surface area (Å²) in [5.41, 5.74) is 8.62. The lowest BCUT2D eigenvalue weighted by atomic mass is 10.1. The zero-order chi connectivity index (χ0) is 15.4. The number of nitrogens with two attached hydrogens (primary N) is 1. The molecule has 0 fully saturated rings. The number of para-hydroxylation sites is 1. The lowest BCUT2D eigenvalue weighted by Crippen LogP contribution is -2.43. The van der Waals surface area contributed by atoms with Crippen molar-refractivity contribution in [3.05, 3.63) is 47.8 Å². The van der Waals surface area contributed by atoms with Gasteiger partial charge in [-0.1, -0.05) is 18.2 Å². The van der Waals surface area contributed by atoms with Crippen LogP contribution >= 0.6 is 12.4 Å². The van der Waals surface area contributed by atoms with Gasteiger partial charge in [-0.2, -0.15) is 5.10 Å². The van der Waals surface area contributed by atoms with Gasteiger partial charge >= 0.3 is 0 Å². The summed E-state index contributed by atoms with van der Waals surface area (Å²) in [6.07, 6.45) is 0.703. The molecule has 2 rings (SSSR count). The van der Waals surface area contributed by atoms with Crippen LogP contribution in [0.4, 0.5) is 0 Å². The molecular formula is C16H23ClN4O. The molecule has 0 aliphatic carbocycles. The number of hydrogen-bond donors (Lipinski definition) is 2. The van der Waals surface area contributed by atoms with Crippen LogP contribution < -0.4 is 11.1 Å². The van der Waals surface area contributed by atoms with Gasteiger partial charge in [0, 0.05) is 18.2 Å². The summed E-state index contributed by atoms with van der Waals surface area (Å²) in [5, 5.41) is 7.44. The molecule has 0 bridgehead atoms. The van der Waals surface area contributed by atoms with Crippen LogP contribution in [0.5, 0.6) is 0 Å². The number of aryl methyl sites for hydroxylation is 1. The molecule has 120 valence electrons. The average Bonchev–Trinajstić information content (AvgIpc) is 2.80. The van der Waals surface area contributed by atoms with Crippen molar-refractivity contribution in [2.45, 2.75) is 39.3 Å². The highest BCUT2D eigenvalue weighted by atomic mass is 35.5. The monoisotopic (exact) mass is 322 g/mol. The summed E-state index contributed by atoms with van der Waals surface area (Å²) in [5.74, 6) is -0.134. The van der Waals surface area contributed by atoms with Gasteiger partial charge in [-0.3, -0.25) is 4.79 Å². The highest BCUT2D eigenvalue weighted by Crippen LogP contribution is 2.14. The van der Waals surface area contributed by atoms with Crippen molar-refractivity contribution in [1.29, 1.82) is 0 Å². The van der Waals surface area contributed by atoms with E-state index in [1.807, 2.05) is 54.9 Å². The van der Waals surface area contributed by atoms with E-state index >= 15 is 0 Å². The van der Waals surface area contributed by atoms with Crippen molar-refractivity contribution in [1.82, 2.24) is 15.1 Å². The Balaban J connectivity index is 0.00000242. The van der Waals surface area contributed by atoms with Gasteiger partial charge in [0.1, 0.15) is 0 Å². The van der Waals surface area contributed by atoms with E-state index in [1.165, 1.54) is 0 Å². The highest BCUT2D eigenvalue weighted by molar-refractivity contribution is 5.85. The predicted octanol–water partition coefficient (Wildman–Crippen LogP) is 2.00. The van der Waals surface area contributed by atoms with Gasteiger partial charge in [-0.05, 0) is 39.0 Å². The van der Waals surface area contributed by atoms with Crippen LogP contribution in [-0.4, -0.2) is 27.8 Å². The molecule has 1 amide bonds. The maximum atomic E-state index is 11.6. The largest absolute Gasteiger partial charge is 0.352 e. The highest BCUT2D eigenvalue weighted by Gasteiger charge is 2.15. The first-order chi connectivity index (χ1) is 9.97. The van der Waals surface area contributed by atoms with Gasteiger partial charge in [0.2, 0.25) is 5.91 Å². The standard InChI is InChI=1S/C16H22N4O.ClH/c1-11(18-16(21)13(3)17)9-15-10-12(2)19-20(15)14-7-5-4-6-8-14;/h4-8,10-11,13H,9,17H2,1-3H3,(H,18,21);1H. The minimum atomic E-state index is -0.492. The van der Waals surface area contributed by atoms with Crippen molar-refractivity contribution in [2.24, 2.45) is 5.73 Å². The summed E-state index contributed by atoms with van der Waals surface area (Å²) in [7, 11) is 0. The SMILES string of the molecule is Cc1cc(CC(C)NC(=O)C(C)N)n(-c2ccccc2)n1.Cl. The molecule has 0 radical (unpaired) electrons. The summed E-state index contributed by atoms with van der Waals surface area (Å²) < 4.78 is 1.92. The number of nitrogens with zero attached hydrogens (tertiary/aromatic N) is 2. The first-order valence-corrected chi connectivity index (χ1v) is 7.14. The van der Waals surface area contributed by atoms with Crippen LogP contribution in [-0.2, 0) is 11.2 Å². The second kappa shape index (κ2) is 7.96. The second-order valence-electron chi connectivity index (χ2n) is 5.43. The third-order valence-electron chi connectivity index (χ3n) is 3.22. The minimum absolute atomic E-state index is 0. The number of aromatic nitrogens is 2. The molecule has 0 saturated heterocycles. The van der Waals surface area contributed by atoms with E-state index in [4.69, 9.17) is 5.73 Å². The Morgan fingerprint density at radius 2 is 1.95 bits per heavy atom. The van der Waals surface area contributed by atoms with Crippen LogP contribution in [0.1, 0.15) is 25.2 Å². The quantitative estimate of drug-likeness (QED) is 0.884. The maximum absolute atomic E-state index is 11.6. The smallest absolute Gasteiger partial charge is 0.236 e. The van der Waals surface area contributed by atoms with Crippen molar-refractivity contribution in [2.75, 3.05) is 0 Å². The van der Waals surface area contributed by atoms with Gasteiger partial charge in [0.05, 0.1) is 17.4 Å². The number of nitrogens with one attached hydrogen (secondary N) is 1.